The van der Waals surface area contributed by atoms with Crippen molar-refractivity contribution in [2.24, 2.45) is 0 Å². The van der Waals surface area contributed by atoms with E-state index in [0.717, 1.165) is 5.56 Å². The zero-order valence-corrected chi connectivity index (χ0v) is 11.0. The van der Waals surface area contributed by atoms with Gasteiger partial charge < -0.3 is 15.2 Å². The lowest BCUT2D eigenvalue weighted by molar-refractivity contribution is -0.124. The van der Waals surface area contributed by atoms with E-state index in [-0.39, 0.29) is 11.7 Å². The van der Waals surface area contributed by atoms with Crippen LogP contribution in [0.5, 0.6) is 0 Å². The van der Waals surface area contributed by atoms with Crippen LogP contribution in [0, 0.1) is 5.82 Å². The van der Waals surface area contributed by atoms with Gasteiger partial charge in [0.15, 0.2) is 6.10 Å². The average Bonchev–Trinajstić information content (AvgIpc) is 3.13. The Bertz CT molecular complexity index is 449. The molecule has 2 N–H and O–H groups in total. The van der Waals surface area contributed by atoms with Crippen molar-refractivity contribution in [2.75, 3.05) is 6.61 Å². The van der Waals surface area contributed by atoms with Gasteiger partial charge in [0.2, 0.25) is 0 Å². The number of ether oxygens (including phenoxy) is 1. The first kappa shape index (κ1) is 14.0. The average molecular weight is 267 g/mol. The molecule has 0 spiro atoms. The standard InChI is InChI=1S/C14H18FNO3/c1-14(2,18)12(16-13(17)11-8-19-11)7-9-3-5-10(15)6-4-9/h3-6,11-12,18H,7-8H2,1-2H3,(H,16,17). The molecule has 1 aromatic carbocycles. The number of benzene rings is 1. The van der Waals surface area contributed by atoms with E-state index in [9.17, 15) is 14.3 Å². The summed E-state index contributed by atoms with van der Waals surface area (Å²) in [5.74, 6) is -0.520. The van der Waals surface area contributed by atoms with Crippen molar-refractivity contribution in [1.82, 2.24) is 5.32 Å². The Morgan fingerprint density at radius 2 is 2.11 bits per heavy atom. The zero-order valence-electron chi connectivity index (χ0n) is 11.0. The third-order valence-electron chi connectivity index (χ3n) is 3.15. The Labute approximate surface area is 111 Å². The van der Waals surface area contributed by atoms with Gasteiger partial charge in [-0.05, 0) is 38.0 Å². The highest BCUT2D eigenvalue weighted by Crippen LogP contribution is 2.17. The molecule has 1 aliphatic heterocycles. The maximum Gasteiger partial charge on any atom is 0.251 e. The minimum Gasteiger partial charge on any atom is -0.388 e. The second kappa shape index (κ2) is 5.27. The van der Waals surface area contributed by atoms with Crippen LogP contribution in [0.1, 0.15) is 19.4 Å². The second-order valence-corrected chi connectivity index (χ2v) is 5.37. The Morgan fingerprint density at radius 1 is 1.53 bits per heavy atom. The Hall–Kier alpha value is -1.46. The van der Waals surface area contributed by atoms with E-state index in [2.05, 4.69) is 5.32 Å². The van der Waals surface area contributed by atoms with E-state index in [0.29, 0.717) is 13.0 Å². The first-order chi connectivity index (χ1) is 8.86. The molecule has 1 saturated heterocycles. The maximum absolute atomic E-state index is 12.8. The molecular weight excluding hydrogens is 249 g/mol. The third kappa shape index (κ3) is 4.01. The fourth-order valence-corrected chi connectivity index (χ4v) is 1.80. The summed E-state index contributed by atoms with van der Waals surface area (Å²) in [5.41, 5.74) is -0.218. The number of carbonyl (C=O) groups excluding carboxylic acids is 1. The van der Waals surface area contributed by atoms with Gasteiger partial charge in [-0.2, -0.15) is 0 Å². The largest absolute Gasteiger partial charge is 0.388 e. The van der Waals surface area contributed by atoms with Crippen molar-refractivity contribution in [3.8, 4) is 0 Å². The fourth-order valence-electron chi connectivity index (χ4n) is 1.80. The molecule has 1 heterocycles. The predicted octanol–water partition coefficient (Wildman–Crippen LogP) is 1.02. The summed E-state index contributed by atoms with van der Waals surface area (Å²) < 4.78 is 17.8. The van der Waals surface area contributed by atoms with Crippen LogP contribution >= 0.6 is 0 Å². The second-order valence-electron chi connectivity index (χ2n) is 5.37. The number of aliphatic hydroxyl groups is 1. The van der Waals surface area contributed by atoms with Crippen LogP contribution in [0.3, 0.4) is 0 Å². The number of nitrogens with one attached hydrogen (secondary N) is 1. The molecule has 0 aliphatic carbocycles. The monoisotopic (exact) mass is 267 g/mol. The van der Waals surface area contributed by atoms with Gasteiger partial charge in [0.05, 0.1) is 18.2 Å². The Balaban J connectivity index is 2.04. The topological polar surface area (TPSA) is 61.9 Å². The summed E-state index contributed by atoms with van der Waals surface area (Å²) in [6.45, 7) is 3.70. The molecule has 0 radical (unpaired) electrons. The lowest BCUT2D eigenvalue weighted by atomic mass is 9.92. The van der Waals surface area contributed by atoms with Crippen LogP contribution in [-0.4, -0.2) is 35.4 Å². The number of amides is 1. The van der Waals surface area contributed by atoms with E-state index in [4.69, 9.17) is 4.74 Å². The summed E-state index contributed by atoms with van der Waals surface area (Å²) in [4.78, 5) is 11.7. The maximum atomic E-state index is 12.8. The molecule has 0 bridgehead atoms. The molecule has 104 valence electrons. The molecule has 5 heteroatoms. The number of hydrogen-bond acceptors (Lipinski definition) is 3. The highest BCUT2D eigenvalue weighted by atomic mass is 19.1. The van der Waals surface area contributed by atoms with Crippen LogP contribution in [0.15, 0.2) is 24.3 Å². The predicted molar refractivity (Wildman–Crippen MR) is 68.1 cm³/mol. The van der Waals surface area contributed by atoms with E-state index in [1.54, 1.807) is 26.0 Å². The van der Waals surface area contributed by atoms with Crippen molar-refractivity contribution in [3.05, 3.63) is 35.6 Å². The highest BCUT2D eigenvalue weighted by Gasteiger charge is 2.36. The van der Waals surface area contributed by atoms with E-state index in [1.807, 2.05) is 0 Å². The lowest BCUT2D eigenvalue weighted by Gasteiger charge is -2.30. The zero-order chi connectivity index (χ0) is 14.0. The molecule has 19 heavy (non-hydrogen) atoms. The van der Waals surface area contributed by atoms with Gasteiger partial charge in [-0.3, -0.25) is 4.79 Å². The van der Waals surface area contributed by atoms with Crippen LogP contribution in [0.25, 0.3) is 0 Å². The van der Waals surface area contributed by atoms with Gasteiger partial charge in [0.25, 0.3) is 5.91 Å². The van der Waals surface area contributed by atoms with Crippen LogP contribution in [0.2, 0.25) is 0 Å². The van der Waals surface area contributed by atoms with Crippen molar-refractivity contribution in [2.45, 2.75) is 38.0 Å². The van der Waals surface area contributed by atoms with Crippen molar-refractivity contribution in [1.29, 1.82) is 0 Å². The van der Waals surface area contributed by atoms with Crippen molar-refractivity contribution < 1.29 is 19.0 Å². The van der Waals surface area contributed by atoms with Crippen LogP contribution in [-0.2, 0) is 16.0 Å². The Kier molecular flexibility index (Phi) is 3.87. The number of rotatable bonds is 5. The van der Waals surface area contributed by atoms with Gasteiger partial charge in [-0.1, -0.05) is 12.1 Å². The smallest absolute Gasteiger partial charge is 0.251 e. The molecule has 0 aromatic heterocycles. The first-order valence-corrected chi connectivity index (χ1v) is 6.25. The molecule has 4 nitrogen and oxygen atoms in total. The van der Waals surface area contributed by atoms with E-state index in [1.165, 1.54) is 12.1 Å². The highest BCUT2D eigenvalue weighted by molar-refractivity contribution is 5.83. The normalized spacial score (nSPS) is 19.9. The molecule has 1 aromatic rings. The quantitative estimate of drug-likeness (QED) is 0.783. The molecule has 2 unspecified atom stereocenters. The molecule has 2 rings (SSSR count). The minimum atomic E-state index is -1.07. The summed E-state index contributed by atoms with van der Waals surface area (Å²) >= 11 is 0. The number of carbonyl (C=O) groups is 1. The van der Waals surface area contributed by atoms with Gasteiger partial charge in [0.1, 0.15) is 5.82 Å². The summed E-state index contributed by atoms with van der Waals surface area (Å²) in [6, 6.07) is 5.57. The SMILES string of the molecule is CC(C)(O)C(Cc1ccc(F)cc1)NC(=O)C1CO1. The minimum absolute atomic E-state index is 0.214. The fraction of sp³-hybridized carbons (Fsp3) is 0.500. The number of hydrogen-bond donors (Lipinski definition) is 2. The van der Waals surface area contributed by atoms with Crippen LogP contribution < -0.4 is 5.32 Å². The molecular formula is C14H18FNO3. The summed E-state index contributed by atoms with van der Waals surface area (Å²) in [6.07, 6.45) is 0.0421. The third-order valence-corrected chi connectivity index (χ3v) is 3.15. The van der Waals surface area contributed by atoms with Gasteiger partial charge >= 0.3 is 0 Å². The van der Waals surface area contributed by atoms with Gasteiger partial charge in [-0.15, -0.1) is 0 Å². The van der Waals surface area contributed by atoms with E-state index < -0.39 is 17.7 Å². The van der Waals surface area contributed by atoms with Crippen LogP contribution in [0.4, 0.5) is 4.39 Å². The number of epoxide rings is 1. The summed E-state index contributed by atoms with van der Waals surface area (Å²) in [7, 11) is 0. The molecule has 2 atom stereocenters. The molecule has 0 saturated carbocycles. The first-order valence-electron chi connectivity index (χ1n) is 6.25. The van der Waals surface area contributed by atoms with Gasteiger partial charge in [-0.25, -0.2) is 4.39 Å². The lowest BCUT2D eigenvalue weighted by Crippen LogP contribution is -2.51. The van der Waals surface area contributed by atoms with Gasteiger partial charge in [0, 0.05) is 0 Å². The van der Waals surface area contributed by atoms with E-state index >= 15 is 0 Å². The molecule has 1 aliphatic rings. The van der Waals surface area contributed by atoms with Crippen molar-refractivity contribution >= 4 is 5.91 Å². The van der Waals surface area contributed by atoms with Crippen molar-refractivity contribution in [3.63, 3.8) is 0 Å². The molecule has 1 fully saturated rings. The Morgan fingerprint density at radius 3 is 2.58 bits per heavy atom. The molecule has 1 amide bonds. The summed E-state index contributed by atoms with van der Waals surface area (Å²) in [5, 5.41) is 12.9. The number of halogens is 1.